The van der Waals surface area contributed by atoms with Crippen LogP contribution in [0.5, 0.6) is 6.01 Å². The molecule has 1 aromatic heterocycles. The molecular formula is C9H15ClN4O2. The van der Waals surface area contributed by atoms with Gasteiger partial charge < -0.3 is 14.8 Å². The van der Waals surface area contributed by atoms with Gasteiger partial charge in [0.15, 0.2) is 0 Å². The van der Waals surface area contributed by atoms with Crippen LogP contribution in [0.4, 0.5) is 5.95 Å². The van der Waals surface area contributed by atoms with Crippen molar-refractivity contribution in [2.24, 2.45) is 0 Å². The van der Waals surface area contributed by atoms with Crippen molar-refractivity contribution < 1.29 is 9.47 Å². The molecule has 0 aliphatic carbocycles. The Morgan fingerprint density at radius 3 is 2.75 bits per heavy atom. The molecule has 90 valence electrons. The lowest BCUT2D eigenvalue weighted by atomic mass is 10.4. The number of halogens is 1. The molecule has 0 amide bonds. The molecule has 1 heterocycles. The summed E-state index contributed by atoms with van der Waals surface area (Å²) in [7, 11) is 1.47. The summed E-state index contributed by atoms with van der Waals surface area (Å²) in [6, 6.07) is 0.272. The maximum Gasteiger partial charge on any atom is 0.322 e. The van der Waals surface area contributed by atoms with Crippen molar-refractivity contribution >= 4 is 17.5 Å². The highest BCUT2D eigenvalue weighted by Gasteiger charge is 2.08. The van der Waals surface area contributed by atoms with Crippen molar-refractivity contribution in [2.75, 3.05) is 25.6 Å². The van der Waals surface area contributed by atoms with E-state index in [0.717, 1.165) is 0 Å². The fourth-order valence-electron chi connectivity index (χ4n) is 1.04. The first-order valence-electron chi connectivity index (χ1n) is 4.95. The minimum absolute atomic E-state index is 0.0862. The number of nitrogens with one attached hydrogen (secondary N) is 1. The molecular weight excluding hydrogens is 232 g/mol. The molecule has 16 heavy (non-hydrogen) atoms. The fourth-order valence-corrected chi connectivity index (χ4v) is 1.20. The van der Waals surface area contributed by atoms with Crippen LogP contribution in [0.1, 0.15) is 13.8 Å². The second-order valence-electron chi connectivity index (χ2n) is 3.12. The fraction of sp³-hybridized carbons (Fsp3) is 0.667. The first-order valence-corrected chi connectivity index (χ1v) is 5.33. The van der Waals surface area contributed by atoms with Gasteiger partial charge in [0, 0.05) is 12.6 Å². The molecule has 0 radical (unpaired) electrons. The van der Waals surface area contributed by atoms with E-state index in [1.165, 1.54) is 7.11 Å². The monoisotopic (exact) mass is 246 g/mol. The molecule has 1 rings (SSSR count). The van der Waals surface area contributed by atoms with E-state index in [0.29, 0.717) is 19.2 Å². The van der Waals surface area contributed by atoms with Crippen LogP contribution in [0.25, 0.3) is 0 Å². The molecule has 1 aromatic rings. The van der Waals surface area contributed by atoms with E-state index in [1.54, 1.807) is 0 Å². The minimum Gasteiger partial charge on any atom is -0.467 e. The molecule has 0 saturated carbocycles. The van der Waals surface area contributed by atoms with E-state index < -0.39 is 0 Å². The zero-order chi connectivity index (χ0) is 12.0. The van der Waals surface area contributed by atoms with E-state index >= 15 is 0 Å². The van der Waals surface area contributed by atoms with Crippen LogP contribution >= 0.6 is 11.6 Å². The highest BCUT2D eigenvalue weighted by molar-refractivity contribution is 6.28. The van der Waals surface area contributed by atoms with Crippen LogP contribution in [-0.2, 0) is 4.74 Å². The number of aromatic nitrogens is 3. The Morgan fingerprint density at radius 2 is 2.12 bits per heavy atom. The topological polar surface area (TPSA) is 69.2 Å². The van der Waals surface area contributed by atoms with Crippen molar-refractivity contribution in [1.82, 2.24) is 15.0 Å². The maximum absolute atomic E-state index is 5.70. The van der Waals surface area contributed by atoms with E-state index in [4.69, 9.17) is 21.1 Å². The summed E-state index contributed by atoms with van der Waals surface area (Å²) in [6.45, 7) is 5.14. The number of anilines is 1. The predicted molar refractivity (Wildman–Crippen MR) is 61.0 cm³/mol. The quantitative estimate of drug-likeness (QED) is 0.818. The molecule has 0 saturated heterocycles. The molecule has 0 spiro atoms. The zero-order valence-corrected chi connectivity index (χ0v) is 10.3. The summed E-state index contributed by atoms with van der Waals surface area (Å²) >= 11 is 5.70. The Labute approximate surface area is 99.4 Å². The summed E-state index contributed by atoms with van der Waals surface area (Å²) in [6.07, 6.45) is 0. The predicted octanol–water partition coefficient (Wildman–Crippen LogP) is 1.37. The molecule has 6 nitrogen and oxygen atoms in total. The van der Waals surface area contributed by atoms with Gasteiger partial charge >= 0.3 is 6.01 Å². The van der Waals surface area contributed by atoms with Crippen molar-refractivity contribution in [2.45, 2.75) is 19.9 Å². The molecule has 0 aliphatic rings. The molecule has 1 atom stereocenters. The number of hydrogen-bond donors (Lipinski definition) is 1. The van der Waals surface area contributed by atoms with Crippen molar-refractivity contribution in [3.05, 3.63) is 5.28 Å². The van der Waals surface area contributed by atoms with Gasteiger partial charge in [-0.05, 0) is 25.4 Å². The third kappa shape index (κ3) is 4.16. The number of nitrogens with zero attached hydrogens (tertiary/aromatic N) is 3. The van der Waals surface area contributed by atoms with E-state index in [-0.39, 0.29) is 17.3 Å². The number of rotatable bonds is 6. The number of methoxy groups -OCH3 is 1. The zero-order valence-electron chi connectivity index (χ0n) is 9.53. The number of ether oxygens (including phenoxy) is 2. The molecule has 0 fully saturated rings. The third-order valence-corrected chi connectivity index (χ3v) is 1.89. The second-order valence-corrected chi connectivity index (χ2v) is 3.46. The summed E-state index contributed by atoms with van der Waals surface area (Å²) < 4.78 is 10.1. The van der Waals surface area contributed by atoms with Gasteiger partial charge in [0.2, 0.25) is 11.2 Å². The lowest BCUT2D eigenvalue weighted by Crippen LogP contribution is -2.23. The first kappa shape index (κ1) is 12.9. The normalized spacial score (nSPS) is 12.2. The van der Waals surface area contributed by atoms with Crippen LogP contribution in [0, 0.1) is 0 Å². The SMILES string of the molecule is CCOCC(C)Nc1nc(Cl)nc(OC)n1. The Hall–Kier alpha value is -1.14. The van der Waals surface area contributed by atoms with E-state index in [9.17, 15) is 0 Å². The Kier molecular flexibility index (Phi) is 5.21. The van der Waals surface area contributed by atoms with Crippen LogP contribution in [-0.4, -0.2) is 41.3 Å². The van der Waals surface area contributed by atoms with Gasteiger partial charge in [0.1, 0.15) is 0 Å². The highest BCUT2D eigenvalue weighted by Crippen LogP contribution is 2.11. The summed E-state index contributed by atoms with van der Waals surface area (Å²) in [5.41, 5.74) is 0. The van der Waals surface area contributed by atoms with Crippen molar-refractivity contribution in [3.63, 3.8) is 0 Å². The van der Waals surface area contributed by atoms with Gasteiger partial charge in [-0.3, -0.25) is 0 Å². The molecule has 1 N–H and O–H groups in total. The van der Waals surface area contributed by atoms with Gasteiger partial charge in [0.05, 0.1) is 13.7 Å². The van der Waals surface area contributed by atoms with Crippen LogP contribution < -0.4 is 10.1 Å². The third-order valence-electron chi connectivity index (χ3n) is 1.72. The van der Waals surface area contributed by atoms with Crippen LogP contribution in [0.15, 0.2) is 0 Å². The average molecular weight is 247 g/mol. The van der Waals surface area contributed by atoms with Crippen molar-refractivity contribution in [3.8, 4) is 6.01 Å². The molecule has 0 aliphatic heterocycles. The molecule has 0 aromatic carbocycles. The summed E-state index contributed by atoms with van der Waals surface area (Å²) in [4.78, 5) is 11.7. The highest BCUT2D eigenvalue weighted by atomic mass is 35.5. The van der Waals surface area contributed by atoms with E-state index in [1.807, 2.05) is 13.8 Å². The lowest BCUT2D eigenvalue weighted by molar-refractivity contribution is 0.141. The van der Waals surface area contributed by atoms with Gasteiger partial charge in [-0.1, -0.05) is 0 Å². The van der Waals surface area contributed by atoms with Gasteiger partial charge in [-0.25, -0.2) is 0 Å². The van der Waals surface area contributed by atoms with Gasteiger partial charge in [-0.15, -0.1) is 0 Å². The number of hydrogen-bond acceptors (Lipinski definition) is 6. The standard InChI is InChI=1S/C9H15ClN4O2/c1-4-16-5-6(2)11-8-12-7(10)13-9(14-8)15-3/h6H,4-5H2,1-3H3,(H,11,12,13,14). The second kappa shape index (κ2) is 6.44. The Morgan fingerprint density at radius 1 is 1.38 bits per heavy atom. The van der Waals surface area contributed by atoms with Crippen LogP contribution in [0.2, 0.25) is 5.28 Å². The minimum atomic E-state index is 0.0862. The first-order chi connectivity index (χ1) is 7.65. The maximum atomic E-state index is 5.70. The summed E-state index contributed by atoms with van der Waals surface area (Å²) in [5, 5.41) is 3.14. The Balaban J connectivity index is 2.61. The molecule has 1 unspecified atom stereocenters. The van der Waals surface area contributed by atoms with Crippen LogP contribution in [0.3, 0.4) is 0 Å². The average Bonchev–Trinajstić information content (AvgIpc) is 2.25. The molecule has 7 heteroatoms. The smallest absolute Gasteiger partial charge is 0.322 e. The Bertz CT molecular complexity index is 337. The van der Waals surface area contributed by atoms with E-state index in [2.05, 4.69) is 20.3 Å². The lowest BCUT2D eigenvalue weighted by Gasteiger charge is -2.13. The molecule has 0 bridgehead atoms. The van der Waals surface area contributed by atoms with Crippen molar-refractivity contribution in [1.29, 1.82) is 0 Å². The van der Waals surface area contributed by atoms with Gasteiger partial charge in [-0.2, -0.15) is 15.0 Å². The van der Waals surface area contributed by atoms with Gasteiger partial charge in [0.25, 0.3) is 0 Å². The summed E-state index contributed by atoms with van der Waals surface area (Å²) in [5.74, 6) is 0.379. The largest absolute Gasteiger partial charge is 0.467 e.